The highest BCUT2D eigenvalue weighted by molar-refractivity contribution is 5.38. The number of fused-ring (bicyclic) bond motifs is 1. The fraction of sp³-hybridized carbons (Fsp3) is 0.353. The minimum atomic E-state index is 0.341. The second kappa shape index (κ2) is 6.06. The lowest BCUT2D eigenvalue weighted by Crippen LogP contribution is -2.28. The van der Waals surface area contributed by atoms with Crippen molar-refractivity contribution in [3.8, 4) is 5.75 Å². The van der Waals surface area contributed by atoms with E-state index in [0.29, 0.717) is 12.0 Å². The molecule has 0 bridgehead atoms. The highest BCUT2D eigenvalue weighted by atomic mass is 16.5. The highest BCUT2D eigenvalue weighted by Crippen LogP contribution is 2.33. The number of rotatable bonds is 4. The fourth-order valence-corrected chi connectivity index (χ4v) is 2.72. The molecule has 3 rings (SSSR count). The maximum absolute atomic E-state index is 5.71. The first-order valence-electron chi connectivity index (χ1n) is 7.19. The summed E-state index contributed by atoms with van der Waals surface area (Å²) < 4.78 is 5.71. The second-order valence-electron chi connectivity index (χ2n) is 5.28. The number of nitrogens with zero attached hydrogens (tertiary/aromatic N) is 1. The van der Waals surface area contributed by atoms with Crippen molar-refractivity contribution >= 4 is 0 Å². The Morgan fingerprint density at radius 1 is 1.25 bits per heavy atom. The highest BCUT2D eigenvalue weighted by Gasteiger charge is 2.21. The SMILES string of the molecule is C[C@@H](NCC1CCOc2ccccc21)c1ccncc1. The smallest absolute Gasteiger partial charge is 0.122 e. The first kappa shape index (κ1) is 13.1. The van der Waals surface area contributed by atoms with E-state index < -0.39 is 0 Å². The lowest BCUT2D eigenvalue weighted by molar-refractivity contribution is 0.263. The van der Waals surface area contributed by atoms with Crippen LogP contribution in [0.15, 0.2) is 48.8 Å². The number of aromatic nitrogens is 1. The average molecular weight is 268 g/mol. The molecule has 104 valence electrons. The van der Waals surface area contributed by atoms with Crippen molar-refractivity contribution in [1.29, 1.82) is 0 Å². The summed E-state index contributed by atoms with van der Waals surface area (Å²) in [5.74, 6) is 1.58. The Bertz CT molecular complexity index is 556. The van der Waals surface area contributed by atoms with Gasteiger partial charge in [-0.2, -0.15) is 0 Å². The average Bonchev–Trinajstić information content (AvgIpc) is 2.53. The first-order valence-corrected chi connectivity index (χ1v) is 7.19. The van der Waals surface area contributed by atoms with Gasteiger partial charge in [0.2, 0.25) is 0 Å². The van der Waals surface area contributed by atoms with Crippen molar-refractivity contribution in [2.45, 2.75) is 25.3 Å². The maximum atomic E-state index is 5.71. The van der Waals surface area contributed by atoms with Gasteiger partial charge in [-0.05, 0) is 42.7 Å². The summed E-state index contributed by atoms with van der Waals surface area (Å²) in [7, 11) is 0. The summed E-state index contributed by atoms with van der Waals surface area (Å²) in [4.78, 5) is 4.06. The van der Waals surface area contributed by atoms with Gasteiger partial charge in [-0.3, -0.25) is 4.98 Å². The molecule has 1 aromatic heterocycles. The summed E-state index contributed by atoms with van der Waals surface area (Å²) in [6.45, 7) is 3.98. The largest absolute Gasteiger partial charge is 0.493 e. The number of nitrogens with one attached hydrogen (secondary N) is 1. The Kier molecular flexibility index (Phi) is 3.97. The molecule has 2 aromatic rings. The predicted molar refractivity (Wildman–Crippen MR) is 79.9 cm³/mol. The van der Waals surface area contributed by atoms with Gasteiger partial charge in [-0.15, -0.1) is 0 Å². The van der Waals surface area contributed by atoms with Gasteiger partial charge in [0.05, 0.1) is 6.61 Å². The van der Waals surface area contributed by atoms with E-state index in [1.165, 1.54) is 11.1 Å². The number of pyridine rings is 1. The molecule has 3 heteroatoms. The Morgan fingerprint density at radius 2 is 2.05 bits per heavy atom. The molecule has 0 saturated heterocycles. The van der Waals surface area contributed by atoms with E-state index >= 15 is 0 Å². The van der Waals surface area contributed by atoms with Crippen LogP contribution in [0.2, 0.25) is 0 Å². The number of ether oxygens (including phenoxy) is 1. The van der Waals surface area contributed by atoms with Crippen LogP contribution >= 0.6 is 0 Å². The lowest BCUT2D eigenvalue weighted by atomic mass is 9.92. The molecular formula is C17H20N2O. The number of para-hydroxylation sites is 1. The van der Waals surface area contributed by atoms with E-state index in [1.54, 1.807) is 0 Å². The molecule has 0 saturated carbocycles. The third kappa shape index (κ3) is 2.83. The zero-order valence-electron chi connectivity index (χ0n) is 11.8. The molecule has 1 unspecified atom stereocenters. The molecule has 1 aromatic carbocycles. The molecule has 1 aliphatic heterocycles. The van der Waals surface area contributed by atoms with Gasteiger partial charge in [0, 0.05) is 30.9 Å². The van der Waals surface area contributed by atoms with Gasteiger partial charge in [0.25, 0.3) is 0 Å². The molecule has 1 N–H and O–H groups in total. The Labute approximate surface area is 120 Å². The van der Waals surface area contributed by atoms with Crippen LogP contribution in [0.4, 0.5) is 0 Å². The second-order valence-corrected chi connectivity index (χ2v) is 5.28. The zero-order chi connectivity index (χ0) is 13.8. The van der Waals surface area contributed by atoms with Crippen molar-refractivity contribution in [2.24, 2.45) is 0 Å². The lowest BCUT2D eigenvalue weighted by Gasteiger charge is -2.27. The molecular weight excluding hydrogens is 248 g/mol. The maximum Gasteiger partial charge on any atom is 0.122 e. The van der Waals surface area contributed by atoms with E-state index in [9.17, 15) is 0 Å². The standard InChI is InChI=1S/C17H20N2O/c1-13(14-6-9-18-10-7-14)19-12-15-8-11-20-17-5-3-2-4-16(15)17/h2-7,9-10,13,15,19H,8,11-12H2,1H3/t13-,15?/m1/s1. The fourth-order valence-electron chi connectivity index (χ4n) is 2.72. The van der Waals surface area contributed by atoms with Crippen molar-refractivity contribution in [2.75, 3.05) is 13.2 Å². The summed E-state index contributed by atoms with van der Waals surface area (Å²) in [6, 6.07) is 12.8. The quantitative estimate of drug-likeness (QED) is 0.924. The van der Waals surface area contributed by atoms with E-state index in [0.717, 1.165) is 25.3 Å². The van der Waals surface area contributed by atoms with Crippen LogP contribution in [0, 0.1) is 0 Å². The van der Waals surface area contributed by atoms with E-state index in [4.69, 9.17) is 4.74 Å². The number of benzene rings is 1. The van der Waals surface area contributed by atoms with Crippen LogP contribution in [-0.4, -0.2) is 18.1 Å². The van der Waals surface area contributed by atoms with Gasteiger partial charge in [-0.25, -0.2) is 0 Å². The molecule has 0 spiro atoms. The van der Waals surface area contributed by atoms with Crippen LogP contribution in [0.5, 0.6) is 5.75 Å². The molecule has 2 atom stereocenters. The van der Waals surface area contributed by atoms with Gasteiger partial charge >= 0.3 is 0 Å². The monoisotopic (exact) mass is 268 g/mol. The topological polar surface area (TPSA) is 34.1 Å². The zero-order valence-corrected chi connectivity index (χ0v) is 11.8. The van der Waals surface area contributed by atoms with Crippen LogP contribution in [-0.2, 0) is 0 Å². The molecule has 1 aliphatic rings. The molecule has 20 heavy (non-hydrogen) atoms. The summed E-state index contributed by atoms with van der Waals surface area (Å²) >= 11 is 0. The van der Waals surface area contributed by atoms with Crippen LogP contribution in [0.3, 0.4) is 0 Å². The third-order valence-electron chi connectivity index (χ3n) is 3.96. The van der Waals surface area contributed by atoms with Crippen molar-refractivity contribution in [1.82, 2.24) is 10.3 Å². The van der Waals surface area contributed by atoms with Crippen LogP contribution < -0.4 is 10.1 Å². The molecule has 3 nitrogen and oxygen atoms in total. The summed E-state index contributed by atoms with van der Waals surface area (Å²) in [5, 5.41) is 3.63. The van der Waals surface area contributed by atoms with Gasteiger partial charge in [0.1, 0.15) is 5.75 Å². The Morgan fingerprint density at radius 3 is 2.90 bits per heavy atom. The van der Waals surface area contributed by atoms with Crippen LogP contribution in [0.25, 0.3) is 0 Å². The first-order chi connectivity index (χ1) is 9.84. The molecule has 2 heterocycles. The predicted octanol–water partition coefficient (Wildman–Crippen LogP) is 3.30. The van der Waals surface area contributed by atoms with Crippen molar-refractivity contribution in [3.05, 3.63) is 59.9 Å². The van der Waals surface area contributed by atoms with Gasteiger partial charge in [0.15, 0.2) is 0 Å². The molecule has 0 amide bonds. The normalized spacial score (nSPS) is 18.9. The van der Waals surface area contributed by atoms with Crippen molar-refractivity contribution < 1.29 is 4.74 Å². The minimum Gasteiger partial charge on any atom is -0.493 e. The van der Waals surface area contributed by atoms with E-state index in [2.05, 4.69) is 47.6 Å². The number of hydrogen-bond donors (Lipinski definition) is 1. The summed E-state index contributed by atoms with van der Waals surface area (Å²) in [6.07, 6.45) is 4.77. The Balaban J connectivity index is 1.65. The van der Waals surface area contributed by atoms with Gasteiger partial charge in [-0.1, -0.05) is 18.2 Å². The van der Waals surface area contributed by atoms with Gasteiger partial charge < -0.3 is 10.1 Å². The van der Waals surface area contributed by atoms with E-state index in [1.807, 2.05) is 18.5 Å². The van der Waals surface area contributed by atoms with Crippen molar-refractivity contribution in [3.63, 3.8) is 0 Å². The Hall–Kier alpha value is -1.87. The van der Waals surface area contributed by atoms with E-state index in [-0.39, 0.29) is 0 Å². The minimum absolute atomic E-state index is 0.341. The molecule has 0 radical (unpaired) electrons. The van der Waals surface area contributed by atoms with Crippen LogP contribution in [0.1, 0.15) is 36.4 Å². The summed E-state index contributed by atoms with van der Waals surface area (Å²) in [5.41, 5.74) is 2.61. The number of hydrogen-bond acceptors (Lipinski definition) is 3. The molecule has 0 fully saturated rings. The third-order valence-corrected chi connectivity index (χ3v) is 3.96. The molecule has 0 aliphatic carbocycles.